The number of nitrogens with zero attached hydrogens (tertiary/aromatic N) is 2. The summed E-state index contributed by atoms with van der Waals surface area (Å²) in [4.78, 5) is 7.37. The number of nitrogens with one attached hydrogen (secondary N) is 1. The largest absolute Gasteiger partial charge is 0.408 e. The molecular formula is C14H9ClF3N3O2S2. The Kier molecular flexibility index (Phi) is 4.71. The third-order valence-corrected chi connectivity index (χ3v) is 5.68. The van der Waals surface area contributed by atoms with E-state index in [1.807, 2.05) is 0 Å². The second kappa shape index (κ2) is 6.52. The summed E-state index contributed by atoms with van der Waals surface area (Å²) < 4.78 is 67.1. The number of alkyl halides is 3. The van der Waals surface area contributed by atoms with Crippen molar-refractivity contribution in [3.05, 3.63) is 52.6 Å². The molecule has 0 saturated carbocycles. The molecule has 11 heteroatoms. The lowest BCUT2D eigenvalue weighted by atomic mass is 10.1. The van der Waals surface area contributed by atoms with Crippen LogP contribution in [0.5, 0.6) is 0 Å². The molecule has 0 aliphatic heterocycles. The molecule has 1 N–H and O–H groups in total. The summed E-state index contributed by atoms with van der Waals surface area (Å²) in [7, 11) is -4.46. The predicted octanol–water partition coefficient (Wildman–Crippen LogP) is 3.93. The smallest absolute Gasteiger partial charge is 0.234 e. The van der Waals surface area contributed by atoms with E-state index in [-0.39, 0.29) is 15.5 Å². The lowest BCUT2D eigenvalue weighted by Crippen LogP contribution is -2.38. The number of hydrogen-bond donors (Lipinski definition) is 1. The Bertz CT molecular complexity index is 1000. The highest BCUT2D eigenvalue weighted by molar-refractivity contribution is 7.89. The zero-order valence-electron chi connectivity index (χ0n) is 12.2. The SMILES string of the molecule is O=S(=O)(NC(c1ccc(Cl)cc1)C(F)(F)F)c1cnc2ncsc2c1. The number of fused-ring (bicyclic) bond motifs is 1. The summed E-state index contributed by atoms with van der Waals surface area (Å²) >= 11 is 6.81. The van der Waals surface area contributed by atoms with E-state index in [1.165, 1.54) is 23.7 Å². The van der Waals surface area contributed by atoms with E-state index in [0.29, 0.717) is 10.3 Å². The maximum absolute atomic E-state index is 13.4. The number of halogens is 4. The molecule has 0 fully saturated rings. The number of benzene rings is 1. The van der Waals surface area contributed by atoms with Crippen molar-refractivity contribution in [2.45, 2.75) is 17.1 Å². The van der Waals surface area contributed by atoms with Crippen LogP contribution in [0.3, 0.4) is 0 Å². The Morgan fingerprint density at radius 2 is 1.84 bits per heavy atom. The van der Waals surface area contributed by atoms with Crippen LogP contribution >= 0.6 is 22.9 Å². The van der Waals surface area contributed by atoms with Crippen LogP contribution in [0.15, 0.2) is 46.9 Å². The Labute approximate surface area is 149 Å². The monoisotopic (exact) mass is 407 g/mol. The number of hydrogen-bond acceptors (Lipinski definition) is 5. The van der Waals surface area contributed by atoms with E-state index >= 15 is 0 Å². The first-order chi connectivity index (χ1) is 11.7. The number of rotatable bonds is 4. The van der Waals surface area contributed by atoms with E-state index < -0.39 is 22.2 Å². The highest BCUT2D eigenvalue weighted by Gasteiger charge is 2.43. The van der Waals surface area contributed by atoms with Gasteiger partial charge in [0.25, 0.3) is 0 Å². The minimum atomic E-state index is -4.83. The van der Waals surface area contributed by atoms with Gasteiger partial charge in [0.1, 0.15) is 10.9 Å². The fourth-order valence-electron chi connectivity index (χ4n) is 2.09. The maximum atomic E-state index is 13.4. The lowest BCUT2D eigenvalue weighted by molar-refractivity contribution is -0.153. The van der Waals surface area contributed by atoms with Crippen LogP contribution in [0.25, 0.3) is 10.3 Å². The van der Waals surface area contributed by atoms with Crippen molar-refractivity contribution in [3.63, 3.8) is 0 Å². The molecule has 1 aromatic carbocycles. The fraction of sp³-hybridized carbons (Fsp3) is 0.143. The highest BCUT2D eigenvalue weighted by atomic mass is 35.5. The van der Waals surface area contributed by atoms with Crippen molar-refractivity contribution >= 4 is 43.3 Å². The number of sulfonamides is 1. The van der Waals surface area contributed by atoms with Crippen molar-refractivity contribution in [3.8, 4) is 0 Å². The van der Waals surface area contributed by atoms with Gasteiger partial charge < -0.3 is 0 Å². The van der Waals surface area contributed by atoms with Gasteiger partial charge in [-0.05, 0) is 23.8 Å². The van der Waals surface area contributed by atoms with Gasteiger partial charge in [0.05, 0.1) is 10.2 Å². The standard InChI is InChI=1S/C14H9ClF3N3O2S2/c15-9-3-1-8(2-4-9)12(14(16,17)18)21-25(22,23)10-5-11-13(19-6-10)20-7-24-11/h1-7,12,21H. The summed E-state index contributed by atoms with van der Waals surface area (Å²) in [5.74, 6) is 0. The van der Waals surface area contributed by atoms with Crippen LogP contribution in [-0.2, 0) is 10.0 Å². The molecule has 0 saturated heterocycles. The molecule has 132 valence electrons. The van der Waals surface area contributed by atoms with Crippen molar-refractivity contribution in [1.29, 1.82) is 0 Å². The molecule has 0 spiro atoms. The van der Waals surface area contributed by atoms with E-state index in [4.69, 9.17) is 11.6 Å². The quantitative estimate of drug-likeness (QED) is 0.711. The second-order valence-electron chi connectivity index (χ2n) is 4.99. The summed E-state index contributed by atoms with van der Waals surface area (Å²) in [5, 5.41) is 0.243. The molecule has 0 bridgehead atoms. The van der Waals surface area contributed by atoms with Gasteiger partial charge in [0.2, 0.25) is 10.0 Å². The summed E-state index contributed by atoms with van der Waals surface area (Å²) in [6, 6.07) is 3.58. The van der Waals surface area contributed by atoms with E-state index in [1.54, 1.807) is 4.72 Å². The number of aromatic nitrogens is 2. The van der Waals surface area contributed by atoms with Crippen LogP contribution in [0.4, 0.5) is 13.2 Å². The highest BCUT2D eigenvalue weighted by Crippen LogP contribution is 2.34. The molecule has 25 heavy (non-hydrogen) atoms. The number of pyridine rings is 1. The molecular weight excluding hydrogens is 399 g/mol. The van der Waals surface area contributed by atoms with Gasteiger partial charge in [-0.15, -0.1) is 11.3 Å². The third kappa shape index (κ3) is 3.92. The van der Waals surface area contributed by atoms with E-state index in [9.17, 15) is 21.6 Å². The van der Waals surface area contributed by atoms with Gasteiger partial charge in [-0.1, -0.05) is 23.7 Å². The van der Waals surface area contributed by atoms with Crippen molar-refractivity contribution in [1.82, 2.24) is 14.7 Å². The molecule has 0 amide bonds. The zero-order chi connectivity index (χ0) is 18.2. The first-order valence-electron chi connectivity index (χ1n) is 6.70. The molecule has 2 heterocycles. The second-order valence-corrected chi connectivity index (χ2v) is 8.03. The van der Waals surface area contributed by atoms with Crippen LogP contribution < -0.4 is 4.72 Å². The lowest BCUT2D eigenvalue weighted by Gasteiger charge is -2.22. The first kappa shape index (κ1) is 18.1. The predicted molar refractivity (Wildman–Crippen MR) is 88.0 cm³/mol. The van der Waals surface area contributed by atoms with Crippen LogP contribution in [0.1, 0.15) is 11.6 Å². The van der Waals surface area contributed by atoms with Gasteiger partial charge >= 0.3 is 6.18 Å². The fourth-order valence-corrected chi connectivity index (χ4v) is 4.14. The topological polar surface area (TPSA) is 72.0 Å². The molecule has 3 aromatic rings. The van der Waals surface area contributed by atoms with Gasteiger partial charge in [-0.2, -0.15) is 17.9 Å². The molecule has 0 aliphatic rings. The number of thiazole rings is 1. The minimum absolute atomic E-state index is 0.243. The van der Waals surface area contributed by atoms with Crippen molar-refractivity contribution in [2.24, 2.45) is 0 Å². The van der Waals surface area contributed by atoms with Gasteiger partial charge in [0, 0.05) is 11.2 Å². The normalized spacial score (nSPS) is 13.9. The Balaban J connectivity index is 1.98. The minimum Gasteiger partial charge on any atom is -0.234 e. The molecule has 1 unspecified atom stereocenters. The van der Waals surface area contributed by atoms with Crippen molar-refractivity contribution in [2.75, 3.05) is 0 Å². The Morgan fingerprint density at radius 3 is 2.48 bits per heavy atom. The summed E-state index contributed by atoms with van der Waals surface area (Å²) in [6.45, 7) is 0. The van der Waals surface area contributed by atoms with Crippen LogP contribution in [-0.4, -0.2) is 24.6 Å². The molecule has 5 nitrogen and oxygen atoms in total. The van der Waals surface area contributed by atoms with Gasteiger partial charge in [-0.3, -0.25) is 0 Å². The molecule has 1 atom stereocenters. The molecule has 3 rings (SSSR count). The molecule has 0 aliphatic carbocycles. The van der Waals surface area contributed by atoms with E-state index in [2.05, 4.69) is 9.97 Å². The van der Waals surface area contributed by atoms with Gasteiger partial charge in [-0.25, -0.2) is 18.4 Å². The van der Waals surface area contributed by atoms with Crippen LogP contribution in [0, 0.1) is 0 Å². The molecule has 2 aromatic heterocycles. The van der Waals surface area contributed by atoms with Crippen molar-refractivity contribution < 1.29 is 21.6 Å². The average molecular weight is 408 g/mol. The van der Waals surface area contributed by atoms with Gasteiger partial charge in [0.15, 0.2) is 5.65 Å². The zero-order valence-corrected chi connectivity index (χ0v) is 14.5. The maximum Gasteiger partial charge on any atom is 0.408 e. The summed E-state index contributed by atoms with van der Waals surface area (Å²) in [6.07, 6.45) is -3.86. The molecule has 0 radical (unpaired) electrons. The third-order valence-electron chi connectivity index (χ3n) is 3.28. The van der Waals surface area contributed by atoms with Crippen LogP contribution in [0.2, 0.25) is 5.02 Å². The first-order valence-corrected chi connectivity index (χ1v) is 9.45. The van der Waals surface area contributed by atoms with E-state index in [0.717, 1.165) is 29.7 Å². The Hall–Kier alpha value is -1.75. The Morgan fingerprint density at radius 1 is 1.16 bits per heavy atom. The summed E-state index contributed by atoms with van der Waals surface area (Å²) in [5.41, 5.74) is 1.52. The average Bonchev–Trinajstić information content (AvgIpc) is 3.00.